The second kappa shape index (κ2) is 7.40. The molecule has 20 heavy (non-hydrogen) atoms. The molecule has 1 rings (SSSR count). The topological polar surface area (TPSA) is 0 Å². The summed E-state index contributed by atoms with van der Waals surface area (Å²) in [7, 11) is 0. The van der Waals surface area contributed by atoms with Crippen molar-refractivity contribution in [3.63, 3.8) is 0 Å². The minimum absolute atomic E-state index is 0.260. The Kier molecular flexibility index (Phi) is 6.99. The SMILES string of the molecule is CC1=C(C)C(C)[C]([Ti]([SiH](C)C)[P](C(C)C)C(C)C)=C1C. The molecule has 0 aromatic carbocycles. The van der Waals surface area contributed by atoms with E-state index in [0.717, 1.165) is 17.2 Å². The van der Waals surface area contributed by atoms with Gasteiger partial charge in [-0.3, -0.25) is 0 Å². The standard InChI is InChI=1S/C9H13.C6H14P.C2H7Si.Ti/c1-6-5-7(2)9(4)8(6)3;1-5(2)7-6(3)4;1-3-2;/h6H,1-4H3;5-6H,1-4H3;3H,1-2H3;/q;-1;;+1. The van der Waals surface area contributed by atoms with Crippen LogP contribution in [0.25, 0.3) is 0 Å². The van der Waals surface area contributed by atoms with E-state index in [2.05, 4.69) is 68.5 Å². The van der Waals surface area contributed by atoms with Crippen molar-refractivity contribution >= 4 is 12.6 Å². The molecule has 115 valence electrons. The van der Waals surface area contributed by atoms with Gasteiger partial charge in [0.2, 0.25) is 0 Å². The number of allylic oxidation sites excluding steroid dienone is 4. The van der Waals surface area contributed by atoms with Crippen molar-refractivity contribution < 1.29 is 16.6 Å². The number of hydrogen-bond donors (Lipinski definition) is 0. The fourth-order valence-corrected chi connectivity index (χ4v) is 39.8. The summed E-state index contributed by atoms with van der Waals surface area (Å²) in [6.07, 6.45) is 0. The van der Waals surface area contributed by atoms with Crippen LogP contribution in [0.2, 0.25) is 13.1 Å². The Bertz CT molecular complexity index is 413. The van der Waals surface area contributed by atoms with E-state index in [9.17, 15) is 0 Å². The molecule has 0 N–H and O–H groups in total. The van der Waals surface area contributed by atoms with Gasteiger partial charge in [-0.1, -0.05) is 0 Å². The average molecular weight is 345 g/mol. The van der Waals surface area contributed by atoms with Crippen LogP contribution >= 0.6 is 5.91 Å². The van der Waals surface area contributed by atoms with Gasteiger partial charge in [0.1, 0.15) is 0 Å². The van der Waals surface area contributed by atoms with Gasteiger partial charge < -0.3 is 0 Å². The Morgan fingerprint density at radius 2 is 1.40 bits per heavy atom. The Morgan fingerprint density at radius 1 is 0.950 bits per heavy atom. The molecule has 0 aromatic rings. The third-order valence-corrected chi connectivity index (χ3v) is 35.8. The predicted octanol–water partition coefficient (Wildman–Crippen LogP) is 6.06. The molecule has 0 bridgehead atoms. The summed E-state index contributed by atoms with van der Waals surface area (Å²) in [5.74, 6) is 1.03. The summed E-state index contributed by atoms with van der Waals surface area (Å²) in [6.45, 7) is 24.4. The Hall–Kier alpha value is 0.841. The Balaban J connectivity index is 3.30. The molecule has 0 nitrogen and oxygen atoms in total. The van der Waals surface area contributed by atoms with Gasteiger partial charge >= 0.3 is 136 Å². The summed E-state index contributed by atoms with van der Waals surface area (Å²) in [5.41, 5.74) is 6.83. The molecule has 0 saturated heterocycles. The van der Waals surface area contributed by atoms with Gasteiger partial charge in [-0.25, -0.2) is 0 Å². The molecule has 1 aliphatic rings. The van der Waals surface area contributed by atoms with E-state index >= 15 is 0 Å². The third-order valence-electron chi connectivity index (χ3n) is 4.85. The van der Waals surface area contributed by atoms with Crippen LogP contribution in [0.1, 0.15) is 55.4 Å². The van der Waals surface area contributed by atoms with Crippen molar-refractivity contribution in [3.8, 4) is 0 Å². The monoisotopic (exact) mass is 345 g/mol. The second-order valence-electron chi connectivity index (χ2n) is 7.20. The molecule has 0 aromatic heterocycles. The van der Waals surface area contributed by atoms with E-state index in [0.29, 0.717) is 0 Å². The molecule has 3 heteroatoms. The van der Waals surface area contributed by atoms with Crippen LogP contribution in [0, 0.1) is 5.92 Å². The van der Waals surface area contributed by atoms with E-state index < -0.39 is 23.3 Å². The summed E-state index contributed by atoms with van der Waals surface area (Å²) in [4.78, 5) is 0. The molecule has 0 aliphatic heterocycles. The van der Waals surface area contributed by atoms with E-state index in [-0.39, 0.29) is 5.91 Å². The van der Waals surface area contributed by atoms with Crippen molar-refractivity contribution in [2.75, 3.05) is 0 Å². The van der Waals surface area contributed by atoms with Gasteiger partial charge in [-0.2, -0.15) is 0 Å². The quantitative estimate of drug-likeness (QED) is 0.419. The second-order valence-corrected chi connectivity index (χ2v) is 28.6. The average Bonchev–Trinajstić information content (AvgIpc) is 2.50. The van der Waals surface area contributed by atoms with Gasteiger partial charge in [-0.15, -0.1) is 0 Å². The first-order valence-corrected chi connectivity index (χ1v) is 18.1. The molecular formula is C17H34PSiTi. The molecule has 0 saturated carbocycles. The zero-order valence-corrected chi connectivity index (χ0v) is 18.9. The molecule has 0 amide bonds. The molecule has 0 radical (unpaired) electrons. The molecule has 1 aliphatic carbocycles. The fraction of sp³-hybridized carbons (Fsp3) is 0.765. The van der Waals surface area contributed by atoms with E-state index in [1.807, 2.05) is 3.88 Å². The van der Waals surface area contributed by atoms with Crippen LogP contribution in [0.3, 0.4) is 0 Å². The fourth-order valence-electron chi connectivity index (χ4n) is 3.68. The maximum atomic E-state index is 2.64. The van der Waals surface area contributed by atoms with Crippen molar-refractivity contribution in [2.24, 2.45) is 5.92 Å². The first-order chi connectivity index (χ1) is 9.11. The van der Waals surface area contributed by atoms with Gasteiger partial charge in [0.15, 0.2) is 0 Å². The molecule has 0 spiro atoms. The summed E-state index contributed by atoms with van der Waals surface area (Å²) >= 11 is -1.07. The minimum atomic E-state index is -1.07. The van der Waals surface area contributed by atoms with Crippen LogP contribution in [-0.2, 0) is 16.6 Å². The van der Waals surface area contributed by atoms with Crippen LogP contribution < -0.4 is 0 Å². The van der Waals surface area contributed by atoms with Gasteiger partial charge in [-0.05, 0) is 0 Å². The van der Waals surface area contributed by atoms with Crippen molar-refractivity contribution in [1.82, 2.24) is 0 Å². The normalized spacial score (nSPS) is 20.4. The molecule has 0 heterocycles. The molecule has 1 unspecified atom stereocenters. The zero-order chi connectivity index (χ0) is 15.8. The first-order valence-electron chi connectivity index (χ1n) is 8.15. The first kappa shape index (κ1) is 18.9. The van der Waals surface area contributed by atoms with Gasteiger partial charge in [0.05, 0.1) is 0 Å². The number of rotatable bonds is 5. The summed E-state index contributed by atoms with van der Waals surface area (Å²) in [5, 5.41) is 0. The van der Waals surface area contributed by atoms with Crippen LogP contribution in [0.4, 0.5) is 0 Å². The Morgan fingerprint density at radius 3 is 1.65 bits per heavy atom. The van der Waals surface area contributed by atoms with Gasteiger partial charge in [0, 0.05) is 0 Å². The molecular weight excluding hydrogens is 311 g/mol. The number of hydrogen-bond acceptors (Lipinski definition) is 0. The molecule has 1 atom stereocenters. The van der Waals surface area contributed by atoms with Crippen molar-refractivity contribution in [3.05, 3.63) is 20.6 Å². The zero-order valence-electron chi connectivity index (χ0n) is 15.3. The van der Waals surface area contributed by atoms with Crippen molar-refractivity contribution in [2.45, 2.75) is 79.8 Å². The van der Waals surface area contributed by atoms with Crippen LogP contribution in [-0.4, -0.2) is 18.0 Å². The van der Waals surface area contributed by atoms with Crippen LogP contribution in [0.5, 0.6) is 0 Å². The Labute approximate surface area is 135 Å². The van der Waals surface area contributed by atoms with Gasteiger partial charge in [0.25, 0.3) is 0 Å². The predicted molar refractivity (Wildman–Crippen MR) is 96.3 cm³/mol. The van der Waals surface area contributed by atoms with E-state index in [1.54, 1.807) is 16.7 Å². The third kappa shape index (κ3) is 3.60. The summed E-state index contributed by atoms with van der Waals surface area (Å²) in [6, 6.07) is 0. The van der Waals surface area contributed by atoms with Crippen LogP contribution in [0.15, 0.2) is 20.6 Å². The van der Waals surface area contributed by atoms with E-state index in [1.165, 1.54) is 0 Å². The maximum absolute atomic E-state index is 2.64. The molecule has 0 fully saturated rings. The van der Waals surface area contributed by atoms with E-state index in [4.69, 9.17) is 0 Å². The van der Waals surface area contributed by atoms with Crippen molar-refractivity contribution in [1.29, 1.82) is 0 Å². The summed E-state index contributed by atoms with van der Waals surface area (Å²) < 4.78 is 2.00.